The molecule has 0 aliphatic rings. The number of carbonyl (C=O) groups is 1. The molecule has 4 heteroatoms. The summed E-state index contributed by atoms with van der Waals surface area (Å²) in [5.41, 5.74) is -0.356. The normalized spacial score (nSPS) is 11.3. The first-order chi connectivity index (χ1) is 13.2. The maximum absolute atomic E-state index is 13.1. The van der Waals surface area contributed by atoms with Crippen LogP contribution in [-0.4, -0.2) is 16.1 Å². The molecule has 1 N–H and O–H groups in total. The van der Waals surface area contributed by atoms with Gasteiger partial charge in [0.05, 0.1) is 5.52 Å². The number of hydrogen-bond acceptors (Lipinski definition) is 4. The van der Waals surface area contributed by atoms with Crippen LogP contribution in [0.15, 0.2) is 97.1 Å². The number of hydrogen-bond donors (Lipinski definition) is 1. The van der Waals surface area contributed by atoms with E-state index >= 15 is 0 Å². The molecule has 132 valence electrons. The van der Waals surface area contributed by atoms with E-state index < -0.39 is 11.6 Å². The lowest BCUT2D eigenvalue weighted by atomic mass is 9.86. The molecule has 4 aromatic rings. The highest BCUT2D eigenvalue weighted by Crippen LogP contribution is 2.31. The van der Waals surface area contributed by atoms with Crippen molar-refractivity contribution in [3.63, 3.8) is 0 Å². The molecule has 0 amide bonds. The summed E-state index contributed by atoms with van der Waals surface area (Å²) in [6, 6.07) is 28.5. The molecule has 0 aliphatic heterocycles. The van der Waals surface area contributed by atoms with Crippen LogP contribution in [0.25, 0.3) is 10.9 Å². The number of aromatic nitrogens is 1. The van der Waals surface area contributed by atoms with Crippen LogP contribution < -0.4 is 4.74 Å². The van der Waals surface area contributed by atoms with Gasteiger partial charge in [-0.1, -0.05) is 78.9 Å². The second kappa shape index (κ2) is 7.02. The number of carbonyl (C=O) groups excluding carboxylic acids is 1. The summed E-state index contributed by atoms with van der Waals surface area (Å²) >= 11 is 0. The first-order valence-corrected chi connectivity index (χ1v) is 8.59. The summed E-state index contributed by atoms with van der Waals surface area (Å²) in [4.78, 5) is 17.4. The standard InChI is InChI=1S/C23H17NO3/c25-22(27-21-16-15-17-9-7-8-14-20(17)24-21)23(26,18-10-3-1-4-11-18)19-12-5-2-6-13-19/h1-16,26H. The van der Waals surface area contributed by atoms with E-state index in [4.69, 9.17) is 4.74 Å². The van der Waals surface area contributed by atoms with Crippen LogP contribution in [0.4, 0.5) is 0 Å². The van der Waals surface area contributed by atoms with Gasteiger partial charge in [-0.15, -0.1) is 0 Å². The van der Waals surface area contributed by atoms with Gasteiger partial charge >= 0.3 is 5.97 Å². The van der Waals surface area contributed by atoms with E-state index in [9.17, 15) is 9.90 Å². The number of para-hydroxylation sites is 1. The number of fused-ring (bicyclic) bond motifs is 1. The van der Waals surface area contributed by atoms with Crippen LogP contribution in [-0.2, 0) is 10.4 Å². The Hall–Kier alpha value is -3.50. The Kier molecular flexibility index (Phi) is 4.40. The van der Waals surface area contributed by atoms with Crippen molar-refractivity contribution in [1.29, 1.82) is 0 Å². The van der Waals surface area contributed by atoms with Crippen LogP contribution >= 0.6 is 0 Å². The lowest BCUT2D eigenvalue weighted by Crippen LogP contribution is -2.40. The molecule has 0 spiro atoms. The highest BCUT2D eigenvalue weighted by molar-refractivity contribution is 5.87. The number of pyridine rings is 1. The van der Waals surface area contributed by atoms with E-state index in [1.54, 1.807) is 54.6 Å². The molecule has 1 aromatic heterocycles. The maximum atomic E-state index is 13.1. The molecule has 0 atom stereocenters. The van der Waals surface area contributed by atoms with Crippen molar-refractivity contribution in [2.45, 2.75) is 5.60 Å². The largest absolute Gasteiger partial charge is 0.405 e. The highest BCUT2D eigenvalue weighted by Gasteiger charge is 2.42. The van der Waals surface area contributed by atoms with E-state index in [0.29, 0.717) is 16.6 Å². The molecule has 0 radical (unpaired) electrons. The minimum absolute atomic E-state index is 0.143. The average Bonchev–Trinajstić information content (AvgIpc) is 2.74. The molecular formula is C23H17NO3. The zero-order valence-electron chi connectivity index (χ0n) is 14.4. The van der Waals surface area contributed by atoms with E-state index in [-0.39, 0.29) is 5.88 Å². The number of esters is 1. The Bertz CT molecular complexity index is 1040. The van der Waals surface area contributed by atoms with Crippen molar-refractivity contribution >= 4 is 16.9 Å². The second-order valence-electron chi connectivity index (χ2n) is 6.17. The van der Waals surface area contributed by atoms with Gasteiger partial charge in [0.15, 0.2) is 0 Å². The molecule has 4 nitrogen and oxygen atoms in total. The summed E-state index contributed by atoms with van der Waals surface area (Å²) in [7, 11) is 0. The molecule has 3 aromatic carbocycles. The molecular weight excluding hydrogens is 338 g/mol. The molecule has 0 bridgehead atoms. The van der Waals surface area contributed by atoms with Gasteiger partial charge in [0, 0.05) is 11.5 Å². The fraction of sp³-hybridized carbons (Fsp3) is 0.0435. The Morgan fingerprint density at radius 2 is 1.30 bits per heavy atom. The quantitative estimate of drug-likeness (QED) is 0.561. The van der Waals surface area contributed by atoms with Crippen LogP contribution in [0, 0.1) is 0 Å². The summed E-state index contributed by atoms with van der Waals surface area (Å²) in [6.45, 7) is 0. The molecule has 27 heavy (non-hydrogen) atoms. The maximum Gasteiger partial charge on any atom is 0.354 e. The van der Waals surface area contributed by atoms with Gasteiger partial charge in [-0.3, -0.25) is 0 Å². The number of rotatable bonds is 4. The van der Waals surface area contributed by atoms with Crippen LogP contribution in [0.3, 0.4) is 0 Å². The van der Waals surface area contributed by atoms with Crippen LogP contribution in [0.2, 0.25) is 0 Å². The van der Waals surface area contributed by atoms with Gasteiger partial charge in [0.1, 0.15) is 0 Å². The van der Waals surface area contributed by atoms with E-state index in [0.717, 1.165) is 5.39 Å². The Morgan fingerprint density at radius 3 is 1.93 bits per heavy atom. The molecule has 0 fully saturated rings. The number of aliphatic hydroxyl groups is 1. The molecule has 0 saturated carbocycles. The fourth-order valence-electron chi connectivity index (χ4n) is 3.03. The Morgan fingerprint density at radius 1 is 0.741 bits per heavy atom. The van der Waals surface area contributed by atoms with Crippen LogP contribution in [0.1, 0.15) is 11.1 Å². The van der Waals surface area contributed by atoms with E-state index in [2.05, 4.69) is 4.98 Å². The topological polar surface area (TPSA) is 59.4 Å². The van der Waals surface area contributed by atoms with Gasteiger partial charge < -0.3 is 9.84 Å². The third-order valence-corrected chi connectivity index (χ3v) is 4.45. The predicted octanol–water partition coefficient (Wildman–Crippen LogP) is 4.08. The monoisotopic (exact) mass is 355 g/mol. The molecule has 1 heterocycles. The van der Waals surface area contributed by atoms with Crippen LogP contribution in [0.5, 0.6) is 5.88 Å². The fourth-order valence-corrected chi connectivity index (χ4v) is 3.03. The third-order valence-electron chi connectivity index (χ3n) is 4.45. The Balaban J connectivity index is 1.74. The predicted molar refractivity (Wildman–Crippen MR) is 103 cm³/mol. The van der Waals surface area contributed by atoms with Crippen molar-refractivity contribution in [2.75, 3.05) is 0 Å². The number of benzene rings is 3. The van der Waals surface area contributed by atoms with E-state index in [1.807, 2.05) is 42.5 Å². The smallest absolute Gasteiger partial charge is 0.354 e. The minimum atomic E-state index is -1.93. The van der Waals surface area contributed by atoms with Gasteiger partial charge in [0.2, 0.25) is 11.5 Å². The first kappa shape index (κ1) is 16.9. The van der Waals surface area contributed by atoms with Gasteiger partial charge in [-0.05, 0) is 23.3 Å². The summed E-state index contributed by atoms with van der Waals surface area (Å²) in [6.07, 6.45) is 0. The van der Waals surface area contributed by atoms with Crippen molar-refractivity contribution in [3.8, 4) is 5.88 Å². The molecule has 0 unspecified atom stereocenters. The van der Waals surface area contributed by atoms with E-state index in [1.165, 1.54) is 0 Å². The average molecular weight is 355 g/mol. The lowest BCUT2D eigenvalue weighted by Gasteiger charge is -2.26. The number of nitrogens with zero attached hydrogens (tertiary/aromatic N) is 1. The van der Waals surface area contributed by atoms with Gasteiger partial charge in [0.25, 0.3) is 0 Å². The zero-order valence-corrected chi connectivity index (χ0v) is 14.4. The second-order valence-corrected chi connectivity index (χ2v) is 6.17. The highest BCUT2D eigenvalue weighted by atomic mass is 16.6. The van der Waals surface area contributed by atoms with Crippen molar-refractivity contribution < 1.29 is 14.6 Å². The lowest BCUT2D eigenvalue weighted by molar-refractivity contribution is -0.152. The SMILES string of the molecule is O=C(Oc1ccc2ccccc2n1)C(O)(c1ccccc1)c1ccccc1. The molecule has 0 saturated heterocycles. The molecule has 0 aliphatic carbocycles. The summed E-state index contributed by atoms with van der Waals surface area (Å²) in [5.74, 6) is -0.660. The van der Waals surface area contributed by atoms with Gasteiger partial charge in [-0.25, -0.2) is 9.78 Å². The third kappa shape index (κ3) is 3.18. The summed E-state index contributed by atoms with van der Waals surface area (Å²) in [5, 5.41) is 12.3. The zero-order chi connectivity index (χ0) is 18.7. The first-order valence-electron chi connectivity index (χ1n) is 8.59. The minimum Gasteiger partial charge on any atom is -0.405 e. The summed E-state index contributed by atoms with van der Waals surface area (Å²) < 4.78 is 5.50. The number of ether oxygens (including phenoxy) is 1. The van der Waals surface area contributed by atoms with Crippen molar-refractivity contribution in [2.24, 2.45) is 0 Å². The van der Waals surface area contributed by atoms with Crippen molar-refractivity contribution in [1.82, 2.24) is 4.98 Å². The molecule has 4 rings (SSSR count). The van der Waals surface area contributed by atoms with Crippen molar-refractivity contribution in [3.05, 3.63) is 108 Å². The van der Waals surface area contributed by atoms with Gasteiger partial charge in [-0.2, -0.15) is 0 Å². The Labute approximate surface area is 156 Å².